The van der Waals surface area contributed by atoms with Crippen LogP contribution in [-0.4, -0.2) is 15.7 Å². The average Bonchev–Trinajstić information content (AvgIpc) is 3.22. The van der Waals surface area contributed by atoms with Crippen molar-refractivity contribution in [3.63, 3.8) is 0 Å². The number of halogens is 1. The Morgan fingerprint density at radius 2 is 1.70 bits per heavy atom. The van der Waals surface area contributed by atoms with Crippen molar-refractivity contribution in [2.45, 2.75) is 6.54 Å². The van der Waals surface area contributed by atoms with Crippen LogP contribution in [-0.2, 0) is 13.6 Å². The number of nitrogens with zero attached hydrogens (tertiary/aromatic N) is 2. The van der Waals surface area contributed by atoms with E-state index in [1.54, 1.807) is 16.8 Å². The molecule has 2 heterocycles. The summed E-state index contributed by atoms with van der Waals surface area (Å²) in [4.78, 5) is 12.1. The minimum atomic E-state index is -0.281. The van der Waals surface area contributed by atoms with Crippen molar-refractivity contribution >= 4 is 16.8 Å². The molecule has 0 radical (unpaired) electrons. The zero-order chi connectivity index (χ0) is 18.5. The molecule has 1 N–H and O–H groups in total. The maximum absolute atomic E-state index is 13.4. The Kier molecular flexibility index (Phi) is 3.37. The Labute approximate surface area is 155 Å². The van der Waals surface area contributed by atoms with E-state index in [0.29, 0.717) is 12.1 Å². The molecule has 132 valence electrons. The third-order valence-electron chi connectivity index (χ3n) is 5.01. The van der Waals surface area contributed by atoms with Crippen molar-refractivity contribution in [3.8, 4) is 22.3 Å². The predicted octanol–water partition coefficient (Wildman–Crippen LogP) is 4.29. The second-order valence-electron chi connectivity index (χ2n) is 6.82. The van der Waals surface area contributed by atoms with Gasteiger partial charge in [-0.15, -0.1) is 0 Å². The standard InChI is InChI=1S/C22H16FN3O/c1-26-12-16-8-14(4-7-21(16)25-26)18-9-15-11-24-22(27)20(15)10-19(18)13-2-5-17(23)6-3-13/h2-10,12H,11H2,1H3,(H,24,27). The lowest BCUT2D eigenvalue weighted by Gasteiger charge is -2.13. The number of fused-ring (bicyclic) bond motifs is 2. The maximum Gasteiger partial charge on any atom is 0.251 e. The van der Waals surface area contributed by atoms with Crippen LogP contribution in [0.3, 0.4) is 0 Å². The van der Waals surface area contributed by atoms with Crippen molar-refractivity contribution in [2.75, 3.05) is 0 Å². The van der Waals surface area contributed by atoms with E-state index in [-0.39, 0.29) is 11.7 Å². The zero-order valence-electron chi connectivity index (χ0n) is 14.7. The lowest BCUT2D eigenvalue weighted by atomic mass is 9.90. The van der Waals surface area contributed by atoms with Crippen molar-refractivity contribution in [2.24, 2.45) is 7.05 Å². The van der Waals surface area contributed by atoms with E-state index in [4.69, 9.17) is 0 Å². The van der Waals surface area contributed by atoms with Crippen LogP contribution >= 0.6 is 0 Å². The molecule has 4 nitrogen and oxygen atoms in total. The number of aromatic nitrogens is 2. The predicted molar refractivity (Wildman–Crippen MR) is 103 cm³/mol. The quantitative estimate of drug-likeness (QED) is 0.582. The van der Waals surface area contributed by atoms with Crippen molar-refractivity contribution < 1.29 is 9.18 Å². The highest BCUT2D eigenvalue weighted by atomic mass is 19.1. The van der Waals surface area contributed by atoms with Gasteiger partial charge in [-0.3, -0.25) is 9.48 Å². The molecule has 0 spiro atoms. The second-order valence-corrected chi connectivity index (χ2v) is 6.82. The highest BCUT2D eigenvalue weighted by Gasteiger charge is 2.22. The molecule has 0 unspecified atom stereocenters. The van der Waals surface area contributed by atoms with Crippen LogP contribution in [0.25, 0.3) is 33.2 Å². The first-order valence-electron chi connectivity index (χ1n) is 8.73. The molecule has 27 heavy (non-hydrogen) atoms. The van der Waals surface area contributed by atoms with Gasteiger partial charge in [0, 0.05) is 30.7 Å². The summed E-state index contributed by atoms with van der Waals surface area (Å²) in [6, 6.07) is 16.5. The number of aryl methyl sites for hydroxylation is 1. The summed E-state index contributed by atoms with van der Waals surface area (Å²) in [5, 5.41) is 8.35. The van der Waals surface area contributed by atoms with Gasteiger partial charge in [0.2, 0.25) is 0 Å². The SMILES string of the molecule is Cn1cc2cc(-c3cc4c(cc3-c3ccc(F)cc3)C(=O)NC4)ccc2n1. The van der Waals surface area contributed by atoms with Crippen LogP contribution in [0.1, 0.15) is 15.9 Å². The minimum Gasteiger partial charge on any atom is -0.348 e. The Bertz CT molecular complexity index is 1210. The third-order valence-corrected chi connectivity index (χ3v) is 5.01. The van der Waals surface area contributed by atoms with E-state index in [1.165, 1.54) is 12.1 Å². The van der Waals surface area contributed by atoms with Gasteiger partial charge in [-0.1, -0.05) is 18.2 Å². The molecule has 0 fully saturated rings. The minimum absolute atomic E-state index is 0.0670. The number of benzene rings is 3. The molecular formula is C22H16FN3O. The number of rotatable bonds is 2. The molecule has 1 aliphatic heterocycles. The van der Waals surface area contributed by atoms with Gasteiger partial charge in [-0.25, -0.2) is 4.39 Å². The summed E-state index contributed by atoms with van der Waals surface area (Å²) in [5.74, 6) is -0.349. The van der Waals surface area contributed by atoms with E-state index < -0.39 is 0 Å². The van der Waals surface area contributed by atoms with Crippen LogP contribution in [0.2, 0.25) is 0 Å². The molecule has 1 aromatic heterocycles. The summed E-state index contributed by atoms with van der Waals surface area (Å²) >= 11 is 0. The van der Waals surface area contributed by atoms with Crippen molar-refractivity contribution in [1.29, 1.82) is 0 Å². The summed E-state index contributed by atoms with van der Waals surface area (Å²) in [6.07, 6.45) is 1.98. The molecule has 5 rings (SSSR count). The highest BCUT2D eigenvalue weighted by molar-refractivity contribution is 6.02. The normalized spacial score (nSPS) is 13.0. The van der Waals surface area contributed by atoms with Gasteiger partial charge in [0.25, 0.3) is 5.91 Å². The first-order valence-corrected chi connectivity index (χ1v) is 8.73. The lowest BCUT2D eigenvalue weighted by Crippen LogP contribution is -2.12. The molecule has 3 aromatic carbocycles. The van der Waals surface area contributed by atoms with Gasteiger partial charge in [0.15, 0.2) is 0 Å². The number of carbonyl (C=O) groups excluding carboxylic acids is 1. The summed E-state index contributed by atoms with van der Waals surface area (Å²) < 4.78 is 15.2. The van der Waals surface area contributed by atoms with E-state index in [2.05, 4.69) is 22.5 Å². The molecule has 0 saturated carbocycles. The number of nitrogens with one attached hydrogen (secondary N) is 1. The smallest absolute Gasteiger partial charge is 0.251 e. The van der Waals surface area contributed by atoms with Gasteiger partial charge in [0.05, 0.1) is 5.52 Å². The molecule has 0 atom stereocenters. The van der Waals surface area contributed by atoms with Crippen LogP contribution in [0.5, 0.6) is 0 Å². The van der Waals surface area contributed by atoms with E-state index >= 15 is 0 Å². The third kappa shape index (κ3) is 2.59. The van der Waals surface area contributed by atoms with Gasteiger partial charge >= 0.3 is 0 Å². The number of carbonyl (C=O) groups is 1. The average molecular weight is 357 g/mol. The van der Waals surface area contributed by atoms with Crippen LogP contribution in [0.15, 0.2) is 60.8 Å². The number of hydrogen-bond acceptors (Lipinski definition) is 2. The van der Waals surface area contributed by atoms with Gasteiger partial charge < -0.3 is 5.32 Å². The zero-order valence-corrected chi connectivity index (χ0v) is 14.7. The topological polar surface area (TPSA) is 46.9 Å². The van der Waals surface area contributed by atoms with Crippen molar-refractivity contribution in [1.82, 2.24) is 15.1 Å². The monoisotopic (exact) mass is 357 g/mol. The number of hydrogen-bond donors (Lipinski definition) is 1. The van der Waals surface area contributed by atoms with Gasteiger partial charge in [-0.05, 0) is 64.2 Å². The molecule has 0 saturated heterocycles. The fraction of sp³-hybridized carbons (Fsp3) is 0.0909. The fourth-order valence-corrected chi connectivity index (χ4v) is 3.70. The van der Waals surface area contributed by atoms with Crippen molar-refractivity contribution in [3.05, 3.63) is 77.7 Å². The van der Waals surface area contributed by atoms with Crippen LogP contribution < -0.4 is 5.32 Å². The van der Waals surface area contributed by atoms with E-state index in [9.17, 15) is 9.18 Å². The summed E-state index contributed by atoms with van der Waals surface area (Å²) in [7, 11) is 1.90. The molecule has 0 bridgehead atoms. The summed E-state index contributed by atoms with van der Waals surface area (Å²) in [6.45, 7) is 0.528. The largest absolute Gasteiger partial charge is 0.348 e. The Morgan fingerprint density at radius 1 is 0.963 bits per heavy atom. The van der Waals surface area contributed by atoms with Crippen LogP contribution in [0.4, 0.5) is 4.39 Å². The molecule has 1 amide bonds. The molecule has 4 aromatic rings. The maximum atomic E-state index is 13.4. The fourth-order valence-electron chi connectivity index (χ4n) is 3.70. The highest BCUT2D eigenvalue weighted by Crippen LogP contribution is 2.37. The van der Waals surface area contributed by atoms with Gasteiger partial charge in [-0.2, -0.15) is 5.10 Å². The first kappa shape index (κ1) is 15.8. The van der Waals surface area contributed by atoms with E-state index in [0.717, 1.165) is 38.7 Å². The Hall–Kier alpha value is -3.47. The molecule has 1 aliphatic rings. The Balaban J connectivity index is 1.76. The first-order chi connectivity index (χ1) is 13.1. The molecule has 5 heteroatoms. The van der Waals surface area contributed by atoms with E-state index in [1.807, 2.05) is 31.4 Å². The molecule has 0 aliphatic carbocycles. The second kappa shape index (κ2) is 5.77. The van der Waals surface area contributed by atoms with Gasteiger partial charge in [0.1, 0.15) is 5.82 Å². The lowest BCUT2D eigenvalue weighted by molar-refractivity contribution is 0.0966. The summed E-state index contributed by atoms with van der Waals surface area (Å²) in [5.41, 5.74) is 6.43. The number of amides is 1. The molecular weight excluding hydrogens is 341 g/mol. The Morgan fingerprint density at radius 3 is 2.52 bits per heavy atom. The van der Waals surface area contributed by atoms with Crippen LogP contribution in [0, 0.1) is 5.82 Å².